The first kappa shape index (κ1) is 22.7. The van der Waals surface area contributed by atoms with Crippen molar-refractivity contribution in [2.24, 2.45) is 5.92 Å². The van der Waals surface area contributed by atoms with Gasteiger partial charge in [0.05, 0.1) is 37.2 Å². The molecule has 1 unspecified atom stereocenters. The largest absolute Gasteiger partial charge is 0.466 e. The number of hydrogen-bond acceptors (Lipinski definition) is 7. The van der Waals surface area contributed by atoms with Crippen LogP contribution in [-0.2, 0) is 29.1 Å². The fourth-order valence-corrected chi connectivity index (χ4v) is 5.11. The zero-order valence-corrected chi connectivity index (χ0v) is 18.0. The molecule has 1 atom stereocenters. The minimum absolute atomic E-state index is 0.170. The van der Waals surface area contributed by atoms with E-state index < -0.39 is 10.0 Å². The van der Waals surface area contributed by atoms with E-state index in [4.69, 9.17) is 9.47 Å². The lowest BCUT2D eigenvalue weighted by atomic mass is 9.98. The molecule has 9 nitrogen and oxygen atoms in total. The van der Waals surface area contributed by atoms with Gasteiger partial charge in [-0.25, -0.2) is 8.42 Å². The first-order valence-corrected chi connectivity index (χ1v) is 11.7. The molecule has 1 aromatic rings. The van der Waals surface area contributed by atoms with E-state index in [2.05, 4.69) is 5.32 Å². The van der Waals surface area contributed by atoms with Gasteiger partial charge in [0.15, 0.2) is 0 Å². The number of ether oxygens (including phenoxy) is 2. The molecule has 2 aliphatic heterocycles. The second-order valence-electron chi connectivity index (χ2n) is 7.42. The number of amides is 1. The number of benzene rings is 1. The van der Waals surface area contributed by atoms with Gasteiger partial charge in [-0.05, 0) is 50.6 Å². The van der Waals surface area contributed by atoms with Crippen molar-refractivity contribution in [2.75, 3.05) is 57.9 Å². The molecule has 2 heterocycles. The molecule has 30 heavy (non-hydrogen) atoms. The van der Waals surface area contributed by atoms with Gasteiger partial charge >= 0.3 is 5.97 Å². The van der Waals surface area contributed by atoms with Crippen molar-refractivity contribution in [1.82, 2.24) is 9.21 Å². The van der Waals surface area contributed by atoms with Crippen molar-refractivity contribution < 1.29 is 27.5 Å². The second kappa shape index (κ2) is 10.3. The molecule has 1 aromatic carbocycles. The fourth-order valence-electron chi connectivity index (χ4n) is 3.70. The number of nitrogens with zero attached hydrogens (tertiary/aromatic N) is 2. The first-order valence-electron chi connectivity index (χ1n) is 10.3. The van der Waals surface area contributed by atoms with Gasteiger partial charge in [-0.15, -0.1) is 0 Å². The lowest BCUT2D eigenvalue weighted by molar-refractivity contribution is -0.150. The molecule has 0 aliphatic carbocycles. The Balaban J connectivity index is 1.54. The third kappa shape index (κ3) is 5.78. The lowest BCUT2D eigenvalue weighted by Crippen LogP contribution is -2.43. The third-order valence-electron chi connectivity index (χ3n) is 5.24. The van der Waals surface area contributed by atoms with Crippen LogP contribution < -0.4 is 5.32 Å². The highest BCUT2D eigenvalue weighted by atomic mass is 32.2. The highest BCUT2D eigenvalue weighted by Crippen LogP contribution is 2.20. The van der Waals surface area contributed by atoms with Gasteiger partial charge in [-0.2, -0.15) is 4.31 Å². The summed E-state index contributed by atoms with van der Waals surface area (Å²) in [6.45, 7) is 5.01. The maximum atomic E-state index is 12.7. The number of esters is 1. The smallest absolute Gasteiger partial charge is 0.310 e. The van der Waals surface area contributed by atoms with Crippen LogP contribution in [0.4, 0.5) is 5.69 Å². The van der Waals surface area contributed by atoms with Gasteiger partial charge in [0.2, 0.25) is 15.9 Å². The SMILES string of the molecule is CCOC(=O)C1CCCN(CC(=O)Nc2ccc(S(=O)(=O)N3CCOCC3)cc2)C1. The minimum Gasteiger partial charge on any atom is -0.466 e. The van der Waals surface area contributed by atoms with Crippen LogP contribution in [0.2, 0.25) is 0 Å². The Morgan fingerprint density at radius 3 is 2.53 bits per heavy atom. The zero-order valence-electron chi connectivity index (χ0n) is 17.2. The third-order valence-corrected chi connectivity index (χ3v) is 7.15. The van der Waals surface area contributed by atoms with Gasteiger partial charge in [0.25, 0.3) is 0 Å². The summed E-state index contributed by atoms with van der Waals surface area (Å²) in [4.78, 5) is 26.5. The summed E-state index contributed by atoms with van der Waals surface area (Å²) in [5.74, 6) is -0.612. The standard InChI is InChI=1S/C20H29N3O6S/c1-2-29-20(25)16-4-3-9-22(14-16)15-19(24)21-17-5-7-18(8-6-17)30(26,27)23-10-12-28-13-11-23/h5-8,16H,2-4,9-15H2,1H3,(H,21,24). The summed E-state index contributed by atoms with van der Waals surface area (Å²) >= 11 is 0. The van der Waals surface area contributed by atoms with E-state index in [1.54, 1.807) is 19.1 Å². The Labute approximate surface area is 177 Å². The number of rotatable bonds is 7. The molecule has 0 radical (unpaired) electrons. The number of carbonyl (C=O) groups excluding carboxylic acids is 2. The van der Waals surface area contributed by atoms with Crippen LogP contribution in [0.25, 0.3) is 0 Å². The second-order valence-corrected chi connectivity index (χ2v) is 9.35. The maximum absolute atomic E-state index is 12.7. The number of piperidine rings is 1. The summed E-state index contributed by atoms with van der Waals surface area (Å²) in [5, 5.41) is 2.79. The molecule has 0 spiro atoms. The van der Waals surface area contributed by atoms with E-state index in [1.807, 2.05) is 4.90 Å². The summed E-state index contributed by atoms with van der Waals surface area (Å²) in [6.07, 6.45) is 1.61. The molecule has 0 saturated carbocycles. The predicted octanol–water partition coefficient (Wildman–Crippen LogP) is 0.921. The van der Waals surface area contributed by atoms with Gasteiger partial charge < -0.3 is 14.8 Å². The van der Waals surface area contributed by atoms with Crippen molar-refractivity contribution in [3.8, 4) is 0 Å². The lowest BCUT2D eigenvalue weighted by Gasteiger charge is -2.30. The molecule has 166 valence electrons. The molecule has 10 heteroatoms. The topological polar surface area (TPSA) is 105 Å². The molecule has 0 bridgehead atoms. The number of nitrogens with one attached hydrogen (secondary N) is 1. The van der Waals surface area contributed by atoms with Crippen LogP contribution in [0.3, 0.4) is 0 Å². The average Bonchev–Trinajstić information content (AvgIpc) is 2.75. The summed E-state index contributed by atoms with van der Waals surface area (Å²) in [5.41, 5.74) is 0.528. The molecule has 2 saturated heterocycles. The maximum Gasteiger partial charge on any atom is 0.310 e. The van der Waals surface area contributed by atoms with Gasteiger partial charge in [-0.3, -0.25) is 14.5 Å². The van der Waals surface area contributed by atoms with E-state index >= 15 is 0 Å². The number of anilines is 1. The van der Waals surface area contributed by atoms with Gasteiger partial charge in [-0.1, -0.05) is 0 Å². The van der Waals surface area contributed by atoms with Gasteiger partial charge in [0.1, 0.15) is 0 Å². The van der Waals surface area contributed by atoms with Crippen molar-refractivity contribution in [3.63, 3.8) is 0 Å². The molecule has 0 aromatic heterocycles. The highest BCUT2D eigenvalue weighted by Gasteiger charge is 2.28. The van der Waals surface area contributed by atoms with Crippen LogP contribution in [-0.4, -0.2) is 82.0 Å². The highest BCUT2D eigenvalue weighted by molar-refractivity contribution is 7.89. The van der Waals surface area contributed by atoms with Crippen molar-refractivity contribution in [2.45, 2.75) is 24.7 Å². The van der Waals surface area contributed by atoms with Crippen molar-refractivity contribution in [1.29, 1.82) is 0 Å². The first-order chi connectivity index (χ1) is 14.4. The summed E-state index contributed by atoms with van der Waals surface area (Å²) < 4.78 is 37.0. The number of sulfonamides is 1. The number of morpholine rings is 1. The van der Waals surface area contributed by atoms with E-state index in [1.165, 1.54) is 16.4 Å². The van der Waals surface area contributed by atoms with E-state index in [0.717, 1.165) is 19.4 Å². The van der Waals surface area contributed by atoms with Crippen LogP contribution in [0, 0.1) is 5.92 Å². The Hall–Kier alpha value is -2.01. The molecule has 1 N–H and O–H groups in total. The van der Waals surface area contributed by atoms with Crippen LogP contribution in [0.1, 0.15) is 19.8 Å². The quantitative estimate of drug-likeness (QED) is 0.630. The van der Waals surface area contributed by atoms with E-state index in [0.29, 0.717) is 45.1 Å². The monoisotopic (exact) mass is 439 g/mol. The molecule has 1 amide bonds. The Morgan fingerprint density at radius 1 is 1.17 bits per heavy atom. The van der Waals surface area contributed by atoms with Crippen LogP contribution in [0.5, 0.6) is 0 Å². The Morgan fingerprint density at radius 2 is 1.87 bits per heavy atom. The predicted molar refractivity (Wildman–Crippen MR) is 110 cm³/mol. The molecule has 2 aliphatic rings. The average molecular weight is 440 g/mol. The number of likely N-dealkylation sites (tertiary alicyclic amines) is 1. The van der Waals surface area contributed by atoms with Crippen LogP contribution >= 0.6 is 0 Å². The Kier molecular flexibility index (Phi) is 7.81. The van der Waals surface area contributed by atoms with Gasteiger partial charge in [0, 0.05) is 25.3 Å². The molecule has 2 fully saturated rings. The minimum atomic E-state index is -3.56. The van der Waals surface area contributed by atoms with Crippen molar-refractivity contribution >= 4 is 27.6 Å². The van der Waals surface area contributed by atoms with Crippen LogP contribution in [0.15, 0.2) is 29.2 Å². The summed E-state index contributed by atoms with van der Waals surface area (Å²) in [6, 6.07) is 6.17. The molecular weight excluding hydrogens is 410 g/mol. The zero-order chi connectivity index (χ0) is 21.6. The summed E-state index contributed by atoms with van der Waals surface area (Å²) in [7, 11) is -3.56. The number of hydrogen-bond donors (Lipinski definition) is 1. The molecule has 3 rings (SSSR count). The number of carbonyl (C=O) groups is 2. The molecular formula is C20H29N3O6S. The van der Waals surface area contributed by atoms with E-state index in [-0.39, 0.29) is 29.2 Å². The fraction of sp³-hybridized carbons (Fsp3) is 0.600. The van der Waals surface area contributed by atoms with Crippen molar-refractivity contribution in [3.05, 3.63) is 24.3 Å². The Bertz CT molecular complexity index is 837. The van der Waals surface area contributed by atoms with E-state index in [9.17, 15) is 18.0 Å². The normalized spacial score (nSPS) is 21.2.